The summed E-state index contributed by atoms with van der Waals surface area (Å²) in [5, 5.41) is 9.78. The lowest BCUT2D eigenvalue weighted by atomic mass is 9.78. The number of benzene rings is 1. The Morgan fingerprint density at radius 1 is 1.47 bits per heavy atom. The molecule has 2 rings (SSSR count). The van der Waals surface area contributed by atoms with E-state index in [1.807, 2.05) is 0 Å². The molecule has 94 valence electrons. The van der Waals surface area contributed by atoms with Crippen molar-refractivity contribution in [3.8, 4) is 5.75 Å². The summed E-state index contributed by atoms with van der Waals surface area (Å²) in [6.45, 7) is 2.18. The fourth-order valence-electron chi connectivity index (χ4n) is 2.77. The molecule has 1 aliphatic carbocycles. The highest BCUT2D eigenvalue weighted by molar-refractivity contribution is 6.32. The number of hydrogen-bond donors (Lipinski definition) is 2. The summed E-state index contributed by atoms with van der Waals surface area (Å²) in [5.41, 5.74) is 6.72. The molecule has 3 N–H and O–H groups in total. The molecule has 0 heterocycles. The standard InChI is InChI=1S/C13H17ClFNO/c1-8-6-9(11(15)12(17)10(8)14)13(7-16)4-2-3-5-13/h6,17H,2-5,7,16H2,1H3. The van der Waals surface area contributed by atoms with E-state index < -0.39 is 11.6 Å². The van der Waals surface area contributed by atoms with E-state index in [1.54, 1.807) is 13.0 Å². The van der Waals surface area contributed by atoms with E-state index in [2.05, 4.69) is 0 Å². The van der Waals surface area contributed by atoms with Crippen LogP contribution in [0.4, 0.5) is 4.39 Å². The van der Waals surface area contributed by atoms with Crippen molar-refractivity contribution in [2.75, 3.05) is 6.54 Å². The van der Waals surface area contributed by atoms with Crippen LogP contribution in [0.2, 0.25) is 5.02 Å². The first-order valence-electron chi connectivity index (χ1n) is 5.90. The van der Waals surface area contributed by atoms with E-state index in [9.17, 15) is 9.50 Å². The van der Waals surface area contributed by atoms with Gasteiger partial charge in [-0.3, -0.25) is 0 Å². The minimum Gasteiger partial charge on any atom is -0.504 e. The van der Waals surface area contributed by atoms with Crippen LogP contribution in [0.1, 0.15) is 36.8 Å². The Morgan fingerprint density at radius 3 is 2.59 bits per heavy atom. The van der Waals surface area contributed by atoms with Crippen LogP contribution in [0.25, 0.3) is 0 Å². The van der Waals surface area contributed by atoms with Gasteiger partial charge in [0.1, 0.15) is 0 Å². The maximum Gasteiger partial charge on any atom is 0.170 e. The molecule has 1 aromatic rings. The van der Waals surface area contributed by atoms with Gasteiger partial charge in [-0.05, 0) is 30.9 Å². The number of aryl methyl sites for hydroxylation is 1. The molecular formula is C13H17ClFNO. The molecule has 0 saturated heterocycles. The van der Waals surface area contributed by atoms with E-state index in [0.717, 1.165) is 25.7 Å². The van der Waals surface area contributed by atoms with E-state index >= 15 is 0 Å². The highest BCUT2D eigenvalue weighted by Crippen LogP contribution is 2.45. The molecule has 1 saturated carbocycles. The molecule has 0 bridgehead atoms. The van der Waals surface area contributed by atoms with Gasteiger partial charge in [0.15, 0.2) is 11.6 Å². The Kier molecular flexibility index (Phi) is 3.32. The van der Waals surface area contributed by atoms with Crippen molar-refractivity contribution < 1.29 is 9.50 Å². The lowest BCUT2D eigenvalue weighted by Crippen LogP contribution is -2.33. The molecule has 17 heavy (non-hydrogen) atoms. The number of phenolic OH excluding ortho intramolecular Hbond substituents is 1. The lowest BCUT2D eigenvalue weighted by molar-refractivity contribution is 0.392. The molecular weight excluding hydrogens is 241 g/mol. The third kappa shape index (κ3) is 1.91. The summed E-state index contributed by atoms with van der Waals surface area (Å²) < 4.78 is 14.1. The van der Waals surface area contributed by atoms with E-state index in [1.165, 1.54) is 0 Å². The van der Waals surface area contributed by atoms with Crippen molar-refractivity contribution in [1.82, 2.24) is 0 Å². The van der Waals surface area contributed by atoms with Gasteiger partial charge in [0.2, 0.25) is 0 Å². The Morgan fingerprint density at radius 2 is 2.06 bits per heavy atom. The van der Waals surface area contributed by atoms with Crippen LogP contribution in [0.3, 0.4) is 0 Å². The number of aromatic hydroxyl groups is 1. The molecule has 0 aromatic heterocycles. The monoisotopic (exact) mass is 257 g/mol. The predicted octanol–water partition coefficient (Wildman–Crippen LogP) is 3.26. The molecule has 1 aliphatic rings. The summed E-state index contributed by atoms with van der Waals surface area (Å²) in [6, 6.07) is 1.73. The minimum absolute atomic E-state index is 0.0939. The molecule has 2 nitrogen and oxygen atoms in total. The zero-order valence-corrected chi connectivity index (χ0v) is 10.6. The van der Waals surface area contributed by atoms with Crippen LogP contribution < -0.4 is 5.73 Å². The molecule has 0 amide bonds. The van der Waals surface area contributed by atoms with Crippen molar-refractivity contribution in [3.05, 3.63) is 28.0 Å². The van der Waals surface area contributed by atoms with Crippen molar-refractivity contribution >= 4 is 11.6 Å². The van der Waals surface area contributed by atoms with Crippen molar-refractivity contribution in [3.63, 3.8) is 0 Å². The lowest BCUT2D eigenvalue weighted by Gasteiger charge is -2.29. The van der Waals surface area contributed by atoms with Gasteiger partial charge in [-0.1, -0.05) is 30.5 Å². The summed E-state index contributed by atoms with van der Waals surface area (Å²) in [4.78, 5) is 0. The van der Waals surface area contributed by atoms with Crippen LogP contribution in [0.5, 0.6) is 5.75 Å². The second-order valence-electron chi connectivity index (χ2n) is 4.91. The number of rotatable bonds is 2. The minimum atomic E-state index is -0.604. The third-order valence-corrected chi connectivity index (χ3v) is 4.36. The van der Waals surface area contributed by atoms with Crippen LogP contribution in [0.15, 0.2) is 6.07 Å². The van der Waals surface area contributed by atoms with Crippen molar-refractivity contribution in [1.29, 1.82) is 0 Å². The second-order valence-corrected chi connectivity index (χ2v) is 5.29. The molecule has 1 fully saturated rings. The highest BCUT2D eigenvalue weighted by Gasteiger charge is 2.37. The third-order valence-electron chi connectivity index (χ3n) is 3.88. The van der Waals surface area contributed by atoms with E-state index in [-0.39, 0.29) is 10.4 Å². The van der Waals surface area contributed by atoms with Crippen LogP contribution in [0, 0.1) is 12.7 Å². The van der Waals surface area contributed by atoms with Gasteiger partial charge in [-0.2, -0.15) is 0 Å². The molecule has 4 heteroatoms. The summed E-state index contributed by atoms with van der Waals surface area (Å²) in [7, 11) is 0. The van der Waals surface area contributed by atoms with E-state index in [4.69, 9.17) is 17.3 Å². The molecule has 1 aromatic carbocycles. The van der Waals surface area contributed by atoms with Gasteiger partial charge in [0, 0.05) is 12.0 Å². The Labute approximate surface area is 106 Å². The van der Waals surface area contributed by atoms with Gasteiger partial charge < -0.3 is 10.8 Å². The Hall–Kier alpha value is -0.800. The van der Waals surface area contributed by atoms with Crippen LogP contribution >= 0.6 is 11.6 Å². The van der Waals surface area contributed by atoms with Crippen molar-refractivity contribution in [2.45, 2.75) is 38.0 Å². The quantitative estimate of drug-likeness (QED) is 0.854. The molecule has 0 atom stereocenters. The molecule has 0 radical (unpaired) electrons. The van der Waals surface area contributed by atoms with Gasteiger partial charge >= 0.3 is 0 Å². The molecule has 0 spiro atoms. The number of halogens is 2. The smallest absolute Gasteiger partial charge is 0.170 e. The summed E-state index contributed by atoms with van der Waals surface area (Å²) in [6.07, 6.45) is 3.86. The van der Waals surface area contributed by atoms with E-state index in [0.29, 0.717) is 17.7 Å². The fraction of sp³-hybridized carbons (Fsp3) is 0.538. The first kappa shape index (κ1) is 12.7. The second kappa shape index (κ2) is 4.46. The Balaban J connectivity index is 2.59. The number of phenols is 1. The van der Waals surface area contributed by atoms with Gasteiger partial charge in [-0.15, -0.1) is 0 Å². The normalized spacial score (nSPS) is 18.6. The number of nitrogens with two attached hydrogens (primary N) is 1. The maximum atomic E-state index is 14.1. The topological polar surface area (TPSA) is 46.2 Å². The average molecular weight is 258 g/mol. The zero-order valence-electron chi connectivity index (χ0n) is 9.89. The van der Waals surface area contributed by atoms with Crippen LogP contribution in [-0.4, -0.2) is 11.7 Å². The largest absolute Gasteiger partial charge is 0.504 e. The number of hydrogen-bond acceptors (Lipinski definition) is 2. The average Bonchev–Trinajstić information content (AvgIpc) is 2.81. The summed E-state index contributed by atoms with van der Waals surface area (Å²) >= 11 is 5.83. The van der Waals surface area contributed by atoms with Crippen LogP contribution in [-0.2, 0) is 5.41 Å². The fourth-order valence-corrected chi connectivity index (χ4v) is 2.91. The van der Waals surface area contributed by atoms with Gasteiger partial charge in [0.25, 0.3) is 0 Å². The SMILES string of the molecule is Cc1cc(C2(CN)CCCC2)c(F)c(O)c1Cl. The first-order chi connectivity index (χ1) is 8.02. The maximum absolute atomic E-state index is 14.1. The van der Waals surface area contributed by atoms with Gasteiger partial charge in [0.05, 0.1) is 5.02 Å². The first-order valence-corrected chi connectivity index (χ1v) is 6.28. The molecule has 0 unspecified atom stereocenters. The highest BCUT2D eigenvalue weighted by atomic mass is 35.5. The predicted molar refractivity (Wildman–Crippen MR) is 67.0 cm³/mol. The molecule has 0 aliphatic heterocycles. The zero-order chi connectivity index (χ0) is 12.6. The Bertz CT molecular complexity index is 442. The van der Waals surface area contributed by atoms with Gasteiger partial charge in [-0.25, -0.2) is 4.39 Å². The summed E-state index contributed by atoms with van der Waals surface area (Å²) in [5.74, 6) is -1.05. The van der Waals surface area contributed by atoms with Crippen molar-refractivity contribution in [2.24, 2.45) is 5.73 Å².